The lowest BCUT2D eigenvalue weighted by Crippen LogP contribution is -2.24. The van der Waals surface area contributed by atoms with Crippen molar-refractivity contribution in [2.75, 3.05) is 25.6 Å². The maximum atomic E-state index is 11.9. The molecule has 24 heavy (non-hydrogen) atoms. The normalized spacial score (nSPS) is 10.3. The second kappa shape index (κ2) is 8.81. The van der Waals surface area contributed by atoms with Gasteiger partial charge in [-0.25, -0.2) is 0 Å². The minimum absolute atomic E-state index is 0.0802. The number of halogens is 2. The number of amides is 1. The Bertz CT molecular complexity index is 705. The van der Waals surface area contributed by atoms with Gasteiger partial charge in [0, 0.05) is 26.3 Å². The Morgan fingerprint density at radius 2 is 1.92 bits per heavy atom. The zero-order chi connectivity index (χ0) is 17.5. The zero-order valence-corrected chi connectivity index (χ0v) is 15.2. The van der Waals surface area contributed by atoms with E-state index in [-0.39, 0.29) is 18.9 Å². The van der Waals surface area contributed by atoms with Crippen LogP contribution in [-0.4, -0.2) is 26.6 Å². The predicted octanol–water partition coefficient (Wildman–Crippen LogP) is 4.14. The molecule has 6 heteroatoms. The first-order valence-electron chi connectivity index (χ1n) is 7.57. The highest BCUT2D eigenvalue weighted by molar-refractivity contribution is 6.42. The minimum Gasteiger partial charge on any atom is -0.491 e. The first-order chi connectivity index (χ1) is 11.5. The van der Waals surface area contributed by atoms with Crippen LogP contribution in [0.4, 0.5) is 5.69 Å². The lowest BCUT2D eigenvalue weighted by molar-refractivity contribution is -0.121. The van der Waals surface area contributed by atoms with E-state index in [1.54, 1.807) is 18.2 Å². The summed E-state index contributed by atoms with van der Waals surface area (Å²) >= 11 is 11.9. The summed E-state index contributed by atoms with van der Waals surface area (Å²) in [6.07, 6.45) is 0.246. The fraction of sp³-hybridized carbons (Fsp3) is 0.278. The number of rotatable bonds is 7. The monoisotopic (exact) mass is 366 g/mol. The van der Waals surface area contributed by atoms with Crippen molar-refractivity contribution < 1.29 is 9.53 Å². The average molecular weight is 367 g/mol. The van der Waals surface area contributed by atoms with Crippen molar-refractivity contribution in [1.29, 1.82) is 0 Å². The summed E-state index contributed by atoms with van der Waals surface area (Å²) in [5, 5.41) is 3.67. The summed E-state index contributed by atoms with van der Waals surface area (Å²) in [5.41, 5.74) is 2.15. The van der Waals surface area contributed by atoms with E-state index in [1.165, 1.54) is 0 Å². The lowest BCUT2D eigenvalue weighted by Gasteiger charge is -2.14. The highest BCUT2D eigenvalue weighted by Gasteiger charge is 2.07. The van der Waals surface area contributed by atoms with Gasteiger partial charge in [-0.15, -0.1) is 0 Å². The fourth-order valence-electron chi connectivity index (χ4n) is 2.08. The number of hydrogen-bond donors (Lipinski definition) is 1. The molecule has 0 aliphatic carbocycles. The highest BCUT2D eigenvalue weighted by atomic mass is 35.5. The molecule has 4 nitrogen and oxygen atoms in total. The molecule has 0 fully saturated rings. The molecule has 0 saturated heterocycles. The van der Waals surface area contributed by atoms with E-state index in [0.29, 0.717) is 22.3 Å². The van der Waals surface area contributed by atoms with Crippen LogP contribution in [0.15, 0.2) is 42.5 Å². The molecule has 0 unspecified atom stereocenters. The van der Waals surface area contributed by atoms with Gasteiger partial charge in [-0.2, -0.15) is 0 Å². The molecular formula is C18H20Cl2N2O2. The van der Waals surface area contributed by atoms with Crippen molar-refractivity contribution in [3.05, 3.63) is 58.1 Å². The maximum absolute atomic E-state index is 11.9. The standard InChI is InChI=1S/C18H20Cl2N2O2/c1-22(2)14-6-3-5-13(11-14)12-21-17(23)9-10-24-16-8-4-7-15(19)18(16)20/h3-8,11H,9-10,12H2,1-2H3,(H,21,23). The number of ether oxygens (including phenoxy) is 1. The molecule has 0 heterocycles. The largest absolute Gasteiger partial charge is 0.491 e. The van der Waals surface area contributed by atoms with Crippen molar-refractivity contribution in [2.45, 2.75) is 13.0 Å². The van der Waals surface area contributed by atoms with Gasteiger partial charge in [0.15, 0.2) is 0 Å². The Morgan fingerprint density at radius 1 is 1.17 bits per heavy atom. The molecule has 2 aromatic rings. The molecule has 0 saturated carbocycles. The van der Waals surface area contributed by atoms with E-state index < -0.39 is 0 Å². The number of carbonyl (C=O) groups is 1. The van der Waals surface area contributed by atoms with Crippen LogP contribution in [-0.2, 0) is 11.3 Å². The van der Waals surface area contributed by atoms with Crippen LogP contribution >= 0.6 is 23.2 Å². The van der Waals surface area contributed by atoms with Gasteiger partial charge in [-0.1, -0.05) is 41.4 Å². The van der Waals surface area contributed by atoms with Gasteiger partial charge in [0.05, 0.1) is 18.1 Å². The van der Waals surface area contributed by atoms with Crippen molar-refractivity contribution in [1.82, 2.24) is 5.32 Å². The van der Waals surface area contributed by atoms with Gasteiger partial charge >= 0.3 is 0 Å². The number of hydrogen-bond acceptors (Lipinski definition) is 3. The predicted molar refractivity (Wildman–Crippen MR) is 99.2 cm³/mol. The van der Waals surface area contributed by atoms with Crippen molar-refractivity contribution in [3.8, 4) is 5.75 Å². The van der Waals surface area contributed by atoms with Crippen molar-refractivity contribution in [2.24, 2.45) is 0 Å². The molecule has 0 aliphatic heterocycles. The van der Waals surface area contributed by atoms with Gasteiger partial charge in [0.1, 0.15) is 10.8 Å². The van der Waals surface area contributed by atoms with Crippen molar-refractivity contribution in [3.63, 3.8) is 0 Å². The SMILES string of the molecule is CN(C)c1cccc(CNC(=O)CCOc2cccc(Cl)c2Cl)c1. The summed E-state index contributed by atoms with van der Waals surface area (Å²) in [6.45, 7) is 0.724. The van der Waals surface area contributed by atoms with Gasteiger partial charge in [-0.3, -0.25) is 4.79 Å². The van der Waals surface area contributed by atoms with Crippen LogP contribution in [0.1, 0.15) is 12.0 Å². The summed E-state index contributed by atoms with van der Waals surface area (Å²) in [5.74, 6) is 0.402. The van der Waals surface area contributed by atoms with Crippen LogP contribution in [0.25, 0.3) is 0 Å². The van der Waals surface area contributed by atoms with Crippen LogP contribution in [0.3, 0.4) is 0 Å². The first-order valence-corrected chi connectivity index (χ1v) is 8.32. The molecule has 0 spiro atoms. The second-order valence-electron chi connectivity index (χ2n) is 5.49. The Kier molecular flexibility index (Phi) is 6.76. The van der Waals surface area contributed by atoms with Gasteiger partial charge in [-0.05, 0) is 29.8 Å². The minimum atomic E-state index is -0.0802. The molecule has 2 rings (SSSR count). The molecule has 0 radical (unpaired) electrons. The molecule has 0 aliphatic rings. The molecule has 128 valence electrons. The van der Waals surface area contributed by atoms with E-state index in [1.807, 2.05) is 43.3 Å². The molecule has 1 amide bonds. The van der Waals surface area contributed by atoms with Crippen molar-refractivity contribution >= 4 is 34.8 Å². The number of anilines is 1. The van der Waals surface area contributed by atoms with Gasteiger partial charge in [0.2, 0.25) is 5.91 Å². The quantitative estimate of drug-likeness (QED) is 0.800. The van der Waals surface area contributed by atoms with Gasteiger partial charge in [0.25, 0.3) is 0 Å². The molecular weight excluding hydrogens is 347 g/mol. The number of benzene rings is 2. The molecule has 0 atom stereocenters. The Balaban J connectivity index is 1.77. The highest BCUT2D eigenvalue weighted by Crippen LogP contribution is 2.31. The number of nitrogens with one attached hydrogen (secondary N) is 1. The second-order valence-corrected chi connectivity index (χ2v) is 6.28. The molecule has 0 aromatic heterocycles. The Hall–Kier alpha value is -1.91. The third-order valence-electron chi connectivity index (χ3n) is 3.42. The number of nitrogens with zero attached hydrogens (tertiary/aromatic N) is 1. The van der Waals surface area contributed by atoms with Crippen LogP contribution in [0.2, 0.25) is 10.0 Å². The summed E-state index contributed by atoms with van der Waals surface area (Å²) in [4.78, 5) is 13.9. The fourth-order valence-corrected chi connectivity index (χ4v) is 2.43. The van der Waals surface area contributed by atoms with E-state index in [4.69, 9.17) is 27.9 Å². The third kappa shape index (κ3) is 5.32. The van der Waals surface area contributed by atoms with Crippen LogP contribution in [0.5, 0.6) is 5.75 Å². The van der Waals surface area contributed by atoms with E-state index in [9.17, 15) is 4.79 Å². The van der Waals surface area contributed by atoms with Crippen LogP contribution in [0, 0.1) is 0 Å². The van der Waals surface area contributed by atoms with Crippen LogP contribution < -0.4 is 15.0 Å². The lowest BCUT2D eigenvalue weighted by atomic mass is 10.2. The Morgan fingerprint density at radius 3 is 2.67 bits per heavy atom. The maximum Gasteiger partial charge on any atom is 0.223 e. The summed E-state index contributed by atoms with van der Waals surface area (Å²) < 4.78 is 5.51. The topological polar surface area (TPSA) is 41.6 Å². The summed E-state index contributed by atoms with van der Waals surface area (Å²) in [6, 6.07) is 13.2. The summed E-state index contributed by atoms with van der Waals surface area (Å²) in [7, 11) is 3.96. The first kappa shape index (κ1) is 18.4. The number of carbonyl (C=O) groups excluding carboxylic acids is 1. The molecule has 2 aromatic carbocycles. The average Bonchev–Trinajstić information content (AvgIpc) is 2.57. The Labute approximate surface area is 152 Å². The third-order valence-corrected chi connectivity index (χ3v) is 4.22. The van der Waals surface area contributed by atoms with E-state index in [2.05, 4.69) is 5.32 Å². The zero-order valence-electron chi connectivity index (χ0n) is 13.7. The van der Waals surface area contributed by atoms with E-state index >= 15 is 0 Å². The smallest absolute Gasteiger partial charge is 0.223 e. The van der Waals surface area contributed by atoms with Gasteiger partial charge < -0.3 is 15.0 Å². The van der Waals surface area contributed by atoms with E-state index in [0.717, 1.165) is 11.3 Å². The molecule has 0 bridgehead atoms. The molecule has 1 N–H and O–H groups in total.